The highest BCUT2D eigenvalue weighted by atomic mass is 16.6. The van der Waals surface area contributed by atoms with Gasteiger partial charge in [-0.1, -0.05) is 33.8 Å². The molecule has 0 aliphatic carbocycles. The largest absolute Gasteiger partial charge is 0.444 e. The summed E-state index contributed by atoms with van der Waals surface area (Å²) in [6.45, 7) is 12.9. The van der Waals surface area contributed by atoms with Crippen LogP contribution in [0.5, 0.6) is 0 Å². The maximum Gasteiger partial charge on any atom is 0.408 e. The fourth-order valence-corrected chi connectivity index (χ4v) is 4.09. The minimum atomic E-state index is -1.50. The third kappa shape index (κ3) is 13.4. The van der Waals surface area contributed by atoms with Gasteiger partial charge in [0.25, 0.3) is 5.91 Å². The van der Waals surface area contributed by atoms with Crippen LogP contribution in [0.4, 0.5) is 10.5 Å². The molecule has 1 aromatic carbocycles. The molecule has 0 saturated heterocycles. The van der Waals surface area contributed by atoms with Crippen LogP contribution >= 0.6 is 0 Å². The van der Waals surface area contributed by atoms with Crippen LogP contribution in [-0.2, 0) is 33.5 Å². The van der Waals surface area contributed by atoms with Gasteiger partial charge in [-0.05, 0) is 57.7 Å². The Morgan fingerprint density at radius 2 is 1.33 bits per heavy atom. The van der Waals surface area contributed by atoms with Crippen LogP contribution in [0.25, 0.3) is 0 Å². The second-order valence-corrected chi connectivity index (χ2v) is 13.1. The van der Waals surface area contributed by atoms with Crippen LogP contribution in [0.15, 0.2) is 24.3 Å². The summed E-state index contributed by atoms with van der Waals surface area (Å²) in [6, 6.07) is 0.410. The molecular weight excluding hydrogens is 626 g/mol. The van der Waals surface area contributed by atoms with Gasteiger partial charge in [-0.2, -0.15) is 0 Å². The van der Waals surface area contributed by atoms with E-state index in [2.05, 4.69) is 26.6 Å². The summed E-state index contributed by atoms with van der Waals surface area (Å²) in [5.74, 6) is -6.76. The summed E-state index contributed by atoms with van der Waals surface area (Å²) in [5, 5.41) is 12.3. The molecule has 48 heavy (non-hydrogen) atoms. The first-order chi connectivity index (χ1) is 22.0. The van der Waals surface area contributed by atoms with E-state index in [9.17, 15) is 38.4 Å². The molecule has 0 aromatic heterocycles. The lowest BCUT2D eigenvalue weighted by molar-refractivity contribution is -0.139. The van der Waals surface area contributed by atoms with Crippen molar-refractivity contribution in [1.82, 2.24) is 26.2 Å². The molecular formula is C32H49N7O9. The number of ketones is 1. The summed E-state index contributed by atoms with van der Waals surface area (Å²) in [4.78, 5) is 103. The smallest absolute Gasteiger partial charge is 0.408 e. The van der Waals surface area contributed by atoms with Gasteiger partial charge in [0.05, 0.1) is 12.5 Å². The minimum Gasteiger partial charge on any atom is -0.444 e. The molecule has 1 aromatic rings. The first-order valence-corrected chi connectivity index (χ1v) is 15.4. The van der Waals surface area contributed by atoms with E-state index in [1.807, 2.05) is 0 Å². The molecule has 0 bridgehead atoms. The zero-order chi connectivity index (χ0) is 37.1. The lowest BCUT2D eigenvalue weighted by Crippen LogP contribution is -2.60. The summed E-state index contributed by atoms with van der Waals surface area (Å²) < 4.78 is 5.25. The Morgan fingerprint density at radius 3 is 1.83 bits per heavy atom. The number of carbonyl (C=O) groups is 8. The third-order valence-corrected chi connectivity index (χ3v) is 6.76. The van der Waals surface area contributed by atoms with Gasteiger partial charge in [0.1, 0.15) is 23.7 Å². The number of Topliss-reactive ketones (excluding diaryl/α,β-unsaturated/α-hetero) is 1. The molecule has 2 unspecified atom stereocenters. The fraction of sp³-hybridized carbons (Fsp3) is 0.562. The Morgan fingerprint density at radius 1 is 0.792 bits per heavy atom. The standard InChI is InChI=1S/C32H49N7O9/c1-16(2)23(37-29(45)24(17(3)4)38-31(47)48-32(6,7)8)28(44)36-21(15-22(40)39(9)10)27(43)34-18(5)25(41)30(46)35-20-13-11-12-19(14-20)26(33)42/h11-14,16-18,21,23-24H,15H2,1-10H3,(H2,33,42)(H,34,43)(H,35,46)(H,36,44)(H,37,45)(H,38,47)/t18?,21-,23?,24-/m0/s1. The number of nitrogens with two attached hydrogens (primary N) is 1. The van der Waals surface area contributed by atoms with Crippen molar-refractivity contribution >= 4 is 53.0 Å². The first kappa shape index (κ1) is 41.0. The van der Waals surface area contributed by atoms with Crippen LogP contribution in [0.1, 0.15) is 72.2 Å². The molecule has 0 aliphatic rings. The highest BCUT2D eigenvalue weighted by Gasteiger charge is 2.35. The van der Waals surface area contributed by atoms with Gasteiger partial charge in [-0.15, -0.1) is 0 Å². The van der Waals surface area contributed by atoms with Crippen molar-refractivity contribution in [3.8, 4) is 0 Å². The molecule has 7 N–H and O–H groups in total. The Hall–Kier alpha value is -5.02. The van der Waals surface area contributed by atoms with E-state index >= 15 is 0 Å². The molecule has 0 spiro atoms. The van der Waals surface area contributed by atoms with Gasteiger partial charge in [-0.25, -0.2) is 4.79 Å². The summed E-state index contributed by atoms with van der Waals surface area (Å²) in [5.41, 5.74) is 4.65. The van der Waals surface area contributed by atoms with Crippen molar-refractivity contribution in [2.24, 2.45) is 17.6 Å². The first-order valence-electron chi connectivity index (χ1n) is 15.4. The van der Waals surface area contributed by atoms with Crippen molar-refractivity contribution in [3.63, 3.8) is 0 Å². The lowest BCUT2D eigenvalue weighted by atomic mass is 9.99. The van der Waals surface area contributed by atoms with Gasteiger partial charge in [0.15, 0.2) is 0 Å². The van der Waals surface area contributed by atoms with Gasteiger partial charge >= 0.3 is 6.09 Å². The van der Waals surface area contributed by atoms with E-state index in [0.717, 1.165) is 0 Å². The number of ether oxygens (including phenoxy) is 1. The Bertz CT molecular complexity index is 1390. The van der Waals surface area contributed by atoms with Crippen LogP contribution in [-0.4, -0.2) is 96.1 Å². The van der Waals surface area contributed by atoms with Crippen molar-refractivity contribution < 1.29 is 43.1 Å². The maximum absolute atomic E-state index is 13.5. The number of hydrogen-bond acceptors (Lipinski definition) is 9. The van der Waals surface area contributed by atoms with Crippen LogP contribution in [0, 0.1) is 11.8 Å². The Labute approximate surface area is 280 Å². The summed E-state index contributed by atoms with van der Waals surface area (Å²) >= 11 is 0. The average molecular weight is 676 g/mol. The third-order valence-electron chi connectivity index (χ3n) is 6.76. The number of primary amides is 1. The van der Waals surface area contributed by atoms with Gasteiger partial charge < -0.3 is 42.0 Å². The lowest BCUT2D eigenvalue weighted by Gasteiger charge is -2.29. The molecule has 1 rings (SSSR count). The molecule has 266 valence electrons. The van der Waals surface area contributed by atoms with E-state index in [0.29, 0.717) is 0 Å². The molecule has 16 nitrogen and oxygen atoms in total. The Balaban J connectivity index is 3.12. The molecule has 0 aliphatic heterocycles. The van der Waals surface area contributed by atoms with Crippen LogP contribution in [0.2, 0.25) is 0 Å². The number of amides is 7. The van der Waals surface area contributed by atoms with E-state index in [1.165, 1.54) is 50.2 Å². The highest BCUT2D eigenvalue weighted by molar-refractivity contribution is 6.42. The number of nitrogens with one attached hydrogen (secondary N) is 5. The predicted molar refractivity (Wildman–Crippen MR) is 176 cm³/mol. The summed E-state index contributed by atoms with van der Waals surface area (Å²) in [7, 11) is 2.90. The normalized spacial score (nSPS) is 13.7. The molecule has 0 radical (unpaired) electrons. The number of nitrogens with zero attached hydrogens (tertiary/aromatic N) is 1. The number of hydrogen-bond donors (Lipinski definition) is 6. The van der Waals surface area contributed by atoms with Crippen LogP contribution < -0.4 is 32.3 Å². The van der Waals surface area contributed by atoms with E-state index < -0.39 is 95.3 Å². The molecule has 0 saturated carbocycles. The topological polar surface area (TPSA) is 235 Å². The molecule has 0 heterocycles. The van der Waals surface area contributed by atoms with Crippen molar-refractivity contribution in [2.45, 2.75) is 91.6 Å². The van der Waals surface area contributed by atoms with Crippen LogP contribution in [0.3, 0.4) is 0 Å². The zero-order valence-electron chi connectivity index (χ0n) is 29.2. The Kier molecular flexibility index (Phi) is 15.2. The van der Waals surface area contributed by atoms with E-state index in [1.54, 1.807) is 48.5 Å². The summed E-state index contributed by atoms with van der Waals surface area (Å²) in [6.07, 6.45) is -1.33. The number of carbonyl (C=O) groups excluding carboxylic acids is 8. The second kappa shape index (κ2) is 17.8. The maximum atomic E-state index is 13.5. The molecule has 16 heteroatoms. The van der Waals surface area contributed by atoms with E-state index in [4.69, 9.17) is 10.5 Å². The van der Waals surface area contributed by atoms with Gasteiger partial charge in [-0.3, -0.25) is 33.6 Å². The molecule has 0 fully saturated rings. The van der Waals surface area contributed by atoms with Crippen molar-refractivity contribution in [1.29, 1.82) is 0 Å². The zero-order valence-corrected chi connectivity index (χ0v) is 29.2. The number of benzene rings is 1. The quantitative estimate of drug-likeness (QED) is 0.141. The second-order valence-electron chi connectivity index (χ2n) is 13.1. The number of rotatable bonds is 15. The van der Waals surface area contributed by atoms with Gasteiger partial charge in [0.2, 0.25) is 35.3 Å². The van der Waals surface area contributed by atoms with Crippen molar-refractivity contribution in [3.05, 3.63) is 29.8 Å². The average Bonchev–Trinajstić information content (AvgIpc) is 2.96. The predicted octanol–water partition coefficient (Wildman–Crippen LogP) is 0.451. The number of alkyl carbamates (subject to hydrolysis) is 1. The molecule has 4 atom stereocenters. The highest BCUT2D eigenvalue weighted by Crippen LogP contribution is 2.12. The molecule has 7 amide bonds. The number of anilines is 1. The monoisotopic (exact) mass is 675 g/mol. The SMILES string of the molecule is CC(NC(=O)[C@H](CC(=O)N(C)C)NC(=O)C(NC(=O)[C@@H](NC(=O)OC(C)(C)C)C(C)C)C(C)C)C(=O)C(=O)Nc1cccc(C(N)=O)c1. The van der Waals surface area contributed by atoms with Crippen molar-refractivity contribution in [2.75, 3.05) is 19.4 Å². The van der Waals surface area contributed by atoms with E-state index in [-0.39, 0.29) is 11.3 Å². The fourth-order valence-electron chi connectivity index (χ4n) is 4.09. The van der Waals surface area contributed by atoms with Gasteiger partial charge in [0, 0.05) is 25.3 Å². The minimum absolute atomic E-state index is 0.0978.